The average molecular weight is 242 g/mol. The Morgan fingerprint density at radius 2 is 1.94 bits per heavy atom. The van der Waals surface area contributed by atoms with E-state index >= 15 is 0 Å². The molecule has 0 aromatic heterocycles. The van der Waals surface area contributed by atoms with E-state index in [-0.39, 0.29) is 17.9 Å². The van der Waals surface area contributed by atoms with Crippen LogP contribution < -0.4 is 11.1 Å². The molecule has 0 saturated heterocycles. The standard InChI is InChI=1S/C11H16ClN3O/c1-7(14-8(2)11(13)15-16)9-3-5-10(12)6-4-9/h3-8,14,16H,1-2H3,(H2,13,15)/t7-,8?/m0/s1. The van der Waals surface area contributed by atoms with Crippen LogP contribution in [0.15, 0.2) is 29.4 Å². The van der Waals surface area contributed by atoms with Gasteiger partial charge >= 0.3 is 0 Å². The third-order valence-electron chi connectivity index (χ3n) is 2.43. The summed E-state index contributed by atoms with van der Waals surface area (Å²) >= 11 is 5.80. The maximum absolute atomic E-state index is 8.53. The zero-order valence-corrected chi connectivity index (χ0v) is 10.1. The lowest BCUT2D eigenvalue weighted by Gasteiger charge is -2.19. The topological polar surface area (TPSA) is 70.6 Å². The van der Waals surface area contributed by atoms with Gasteiger partial charge in [0.1, 0.15) is 0 Å². The van der Waals surface area contributed by atoms with E-state index in [4.69, 9.17) is 22.5 Å². The second kappa shape index (κ2) is 5.72. The average Bonchev–Trinajstić information content (AvgIpc) is 2.28. The fourth-order valence-electron chi connectivity index (χ4n) is 1.39. The molecule has 0 fully saturated rings. The highest BCUT2D eigenvalue weighted by Crippen LogP contribution is 2.16. The first kappa shape index (κ1) is 12.8. The van der Waals surface area contributed by atoms with Gasteiger partial charge in [-0.05, 0) is 31.5 Å². The molecule has 2 atom stereocenters. The number of amidine groups is 1. The van der Waals surface area contributed by atoms with Crippen molar-refractivity contribution in [1.82, 2.24) is 5.32 Å². The van der Waals surface area contributed by atoms with Crippen molar-refractivity contribution in [3.8, 4) is 0 Å². The van der Waals surface area contributed by atoms with Crippen LogP contribution in [0.5, 0.6) is 0 Å². The maximum atomic E-state index is 8.53. The summed E-state index contributed by atoms with van der Waals surface area (Å²) in [5.74, 6) is 0.167. The molecule has 0 bridgehead atoms. The van der Waals surface area contributed by atoms with Crippen molar-refractivity contribution in [2.75, 3.05) is 0 Å². The minimum absolute atomic E-state index is 0.104. The minimum Gasteiger partial charge on any atom is -0.409 e. The molecule has 1 unspecified atom stereocenters. The summed E-state index contributed by atoms with van der Waals surface area (Å²) in [4.78, 5) is 0. The molecule has 88 valence electrons. The van der Waals surface area contributed by atoms with Crippen molar-refractivity contribution < 1.29 is 5.21 Å². The lowest BCUT2D eigenvalue weighted by atomic mass is 10.1. The molecule has 0 saturated carbocycles. The number of nitrogens with zero attached hydrogens (tertiary/aromatic N) is 1. The normalized spacial score (nSPS) is 15.8. The van der Waals surface area contributed by atoms with Crippen molar-refractivity contribution in [3.05, 3.63) is 34.9 Å². The van der Waals surface area contributed by atoms with Crippen molar-refractivity contribution in [2.24, 2.45) is 10.9 Å². The van der Waals surface area contributed by atoms with Gasteiger partial charge < -0.3 is 16.3 Å². The lowest BCUT2D eigenvalue weighted by molar-refractivity contribution is 0.314. The predicted octanol–water partition coefficient (Wildman–Crippen LogP) is 2.13. The summed E-state index contributed by atoms with van der Waals surface area (Å²) in [6, 6.07) is 7.48. The predicted molar refractivity (Wildman–Crippen MR) is 65.9 cm³/mol. The molecule has 1 aromatic carbocycles. The molecule has 5 heteroatoms. The van der Waals surface area contributed by atoms with Crippen molar-refractivity contribution in [2.45, 2.75) is 25.9 Å². The maximum Gasteiger partial charge on any atom is 0.156 e. The van der Waals surface area contributed by atoms with Crippen LogP contribution in [-0.4, -0.2) is 17.1 Å². The summed E-state index contributed by atoms with van der Waals surface area (Å²) in [7, 11) is 0. The van der Waals surface area contributed by atoms with E-state index in [1.54, 1.807) is 0 Å². The highest BCUT2D eigenvalue weighted by atomic mass is 35.5. The van der Waals surface area contributed by atoms with Crippen LogP contribution in [0.3, 0.4) is 0 Å². The monoisotopic (exact) mass is 241 g/mol. The molecule has 4 N–H and O–H groups in total. The fraction of sp³-hybridized carbons (Fsp3) is 0.364. The molecular formula is C11H16ClN3O. The Labute approximate surface area is 100 Å². The Kier molecular flexibility index (Phi) is 4.58. The molecule has 0 amide bonds. The minimum atomic E-state index is -0.185. The summed E-state index contributed by atoms with van der Waals surface area (Å²) < 4.78 is 0. The zero-order valence-electron chi connectivity index (χ0n) is 9.31. The number of nitrogens with one attached hydrogen (secondary N) is 1. The summed E-state index contributed by atoms with van der Waals surface area (Å²) in [6.45, 7) is 3.84. The molecule has 0 aliphatic heterocycles. The molecule has 0 aliphatic rings. The highest BCUT2D eigenvalue weighted by Gasteiger charge is 2.12. The molecule has 0 spiro atoms. The number of halogens is 1. The molecule has 0 aliphatic carbocycles. The Morgan fingerprint density at radius 3 is 2.44 bits per heavy atom. The molecular weight excluding hydrogens is 226 g/mol. The fourth-order valence-corrected chi connectivity index (χ4v) is 1.52. The molecule has 16 heavy (non-hydrogen) atoms. The second-order valence-electron chi connectivity index (χ2n) is 3.69. The number of rotatable bonds is 4. The lowest BCUT2D eigenvalue weighted by Crippen LogP contribution is -2.40. The van der Waals surface area contributed by atoms with Crippen LogP contribution in [0.2, 0.25) is 5.02 Å². The summed E-state index contributed by atoms with van der Waals surface area (Å²) in [6.07, 6.45) is 0. The molecule has 0 radical (unpaired) electrons. The van der Waals surface area contributed by atoms with E-state index in [1.165, 1.54) is 0 Å². The number of hydrogen-bond donors (Lipinski definition) is 3. The van der Waals surface area contributed by atoms with Gasteiger partial charge in [-0.1, -0.05) is 28.9 Å². The van der Waals surface area contributed by atoms with E-state index in [0.717, 1.165) is 5.56 Å². The number of nitrogens with two attached hydrogens (primary N) is 1. The van der Waals surface area contributed by atoms with Gasteiger partial charge in [-0.3, -0.25) is 0 Å². The smallest absolute Gasteiger partial charge is 0.156 e. The van der Waals surface area contributed by atoms with Crippen molar-refractivity contribution in [3.63, 3.8) is 0 Å². The van der Waals surface area contributed by atoms with Gasteiger partial charge in [0.25, 0.3) is 0 Å². The largest absolute Gasteiger partial charge is 0.409 e. The van der Waals surface area contributed by atoms with Crippen LogP contribution in [0.4, 0.5) is 0 Å². The molecule has 1 rings (SSSR count). The number of hydrogen-bond acceptors (Lipinski definition) is 3. The van der Waals surface area contributed by atoms with E-state index in [9.17, 15) is 0 Å². The Hall–Kier alpha value is -1.26. The number of oxime groups is 1. The zero-order chi connectivity index (χ0) is 12.1. The summed E-state index contributed by atoms with van der Waals surface area (Å²) in [5, 5.41) is 15.4. The Bertz CT molecular complexity index is 364. The van der Waals surface area contributed by atoms with Crippen LogP contribution in [-0.2, 0) is 0 Å². The molecule has 1 aromatic rings. The van der Waals surface area contributed by atoms with Crippen molar-refractivity contribution in [1.29, 1.82) is 0 Å². The van der Waals surface area contributed by atoms with Crippen LogP contribution in [0, 0.1) is 0 Å². The van der Waals surface area contributed by atoms with Gasteiger partial charge in [-0.2, -0.15) is 0 Å². The number of benzene rings is 1. The summed E-state index contributed by atoms with van der Waals surface area (Å²) in [5.41, 5.74) is 6.58. The van der Waals surface area contributed by atoms with Gasteiger partial charge in [0.2, 0.25) is 0 Å². The first-order valence-corrected chi connectivity index (χ1v) is 5.41. The quantitative estimate of drug-likeness (QED) is 0.327. The first-order valence-electron chi connectivity index (χ1n) is 5.03. The van der Waals surface area contributed by atoms with E-state index in [1.807, 2.05) is 38.1 Å². The van der Waals surface area contributed by atoms with E-state index < -0.39 is 0 Å². The van der Waals surface area contributed by atoms with Crippen LogP contribution in [0.1, 0.15) is 25.5 Å². The highest BCUT2D eigenvalue weighted by molar-refractivity contribution is 6.30. The van der Waals surface area contributed by atoms with Gasteiger partial charge in [-0.15, -0.1) is 0 Å². The van der Waals surface area contributed by atoms with Gasteiger partial charge in [0, 0.05) is 11.1 Å². The first-order chi connectivity index (χ1) is 7.54. The van der Waals surface area contributed by atoms with Crippen LogP contribution in [0.25, 0.3) is 0 Å². The van der Waals surface area contributed by atoms with E-state index in [2.05, 4.69) is 10.5 Å². The SMILES string of the molecule is CC(N[C@@H](C)c1ccc(Cl)cc1)/C(N)=N/O. The Balaban J connectivity index is 2.65. The third-order valence-corrected chi connectivity index (χ3v) is 2.68. The van der Waals surface area contributed by atoms with Gasteiger partial charge in [-0.25, -0.2) is 0 Å². The third kappa shape index (κ3) is 3.40. The Morgan fingerprint density at radius 1 is 1.38 bits per heavy atom. The van der Waals surface area contributed by atoms with Gasteiger partial charge in [0.05, 0.1) is 6.04 Å². The molecule has 4 nitrogen and oxygen atoms in total. The second-order valence-corrected chi connectivity index (χ2v) is 4.12. The molecule has 0 heterocycles. The van der Waals surface area contributed by atoms with Crippen molar-refractivity contribution >= 4 is 17.4 Å². The van der Waals surface area contributed by atoms with Gasteiger partial charge in [0.15, 0.2) is 5.84 Å². The van der Waals surface area contributed by atoms with Crippen LogP contribution >= 0.6 is 11.6 Å². The van der Waals surface area contributed by atoms with E-state index in [0.29, 0.717) is 5.02 Å².